The van der Waals surface area contributed by atoms with Crippen LogP contribution in [0.1, 0.15) is 35.6 Å². The first-order valence-corrected chi connectivity index (χ1v) is 7.82. The number of nitriles is 1. The van der Waals surface area contributed by atoms with Crippen LogP contribution in [0.3, 0.4) is 0 Å². The highest BCUT2D eigenvalue weighted by molar-refractivity contribution is 5.35. The molecule has 0 radical (unpaired) electrons. The van der Waals surface area contributed by atoms with E-state index in [2.05, 4.69) is 4.74 Å². The molecular weight excluding hydrogens is 334 g/mol. The van der Waals surface area contributed by atoms with Crippen molar-refractivity contribution in [3.05, 3.63) is 70.3 Å². The van der Waals surface area contributed by atoms with Crippen molar-refractivity contribution in [2.24, 2.45) is 0 Å². The molecule has 0 atom stereocenters. The second-order valence-corrected chi connectivity index (χ2v) is 5.72. The van der Waals surface area contributed by atoms with E-state index in [1.807, 2.05) is 19.1 Å². The maximum absolute atomic E-state index is 13.9. The molecule has 25 heavy (non-hydrogen) atoms. The van der Waals surface area contributed by atoms with Crippen LogP contribution in [0.5, 0.6) is 0 Å². The van der Waals surface area contributed by atoms with Crippen LogP contribution >= 0.6 is 0 Å². The number of nitrogens with zero attached hydrogens (tertiary/aromatic N) is 1. The molecule has 0 aliphatic rings. The molecule has 2 aromatic rings. The zero-order valence-electron chi connectivity index (χ0n) is 13.7. The van der Waals surface area contributed by atoms with Gasteiger partial charge in [0.25, 0.3) is 0 Å². The van der Waals surface area contributed by atoms with Crippen molar-refractivity contribution in [1.82, 2.24) is 0 Å². The van der Waals surface area contributed by atoms with Crippen LogP contribution in [-0.4, -0.2) is 6.11 Å². The molecule has 6 heteroatoms. The molecule has 0 N–H and O–H groups in total. The van der Waals surface area contributed by atoms with E-state index in [1.165, 1.54) is 6.07 Å². The monoisotopic (exact) mass is 351 g/mol. The first-order chi connectivity index (χ1) is 11.8. The van der Waals surface area contributed by atoms with Gasteiger partial charge in [-0.15, -0.1) is 0 Å². The van der Waals surface area contributed by atoms with E-state index in [0.29, 0.717) is 5.56 Å². The number of halogens is 4. The molecule has 0 aliphatic heterocycles. The van der Waals surface area contributed by atoms with Gasteiger partial charge in [0.15, 0.2) is 0 Å². The lowest BCUT2D eigenvalue weighted by Crippen LogP contribution is -2.24. The third-order valence-electron chi connectivity index (χ3n) is 3.64. The van der Waals surface area contributed by atoms with Crippen molar-refractivity contribution in [3.63, 3.8) is 0 Å². The molecule has 0 saturated heterocycles. The Bertz CT molecular complexity index is 743. The second kappa shape index (κ2) is 8.13. The summed E-state index contributed by atoms with van der Waals surface area (Å²) in [5, 5.41) is 8.58. The van der Waals surface area contributed by atoms with Crippen molar-refractivity contribution in [3.8, 4) is 6.07 Å². The van der Waals surface area contributed by atoms with Crippen LogP contribution in [0.2, 0.25) is 0 Å². The predicted molar refractivity (Wildman–Crippen MR) is 85.0 cm³/mol. The predicted octanol–water partition coefficient (Wildman–Crippen LogP) is 5.14. The minimum absolute atomic E-state index is 0.280. The molecule has 0 amide bonds. The Hall–Kier alpha value is -2.39. The van der Waals surface area contributed by atoms with Gasteiger partial charge in [-0.25, -0.2) is 8.78 Å². The first kappa shape index (κ1) is 18.9. The minimum Gasteiger partial charge on any atom is -0.315 e. The fraction of sp³-hybridized carbons (Fsp3) is 0.316. The Morgan fingerprint density at radius 2 is 1.56 bits per heavy atom. The molecule has 0 spiro atoms. The molecule has 0 unspecified atom stereocenters. The van der Waals surface area contributed by atoms with Gasteiger partial charge in [-0.2, -0.15) is 14.0 Å². The molecule has 0 aliphatic carbocycles. The topological polar surface area (TPSA) is 33.0 Å². The molecule has 2 aromatic carbocycles. The standard InChI is InChI=1S/C19H17F4NO/c1-2-3-13-4-6-14(7-5-13)12-25-19(22,23)10-15-8-17(20)16(11-24)18(21)9-15/h4-9H,2-3,10,12H2,1H3. The molecular formula is C19H17F4NO. The van der Waals surface area contributed by atoms with Gasteiger partial charge in [0.1, 0.15) is 23.3 Å². The lowest BCUT2D eigenvalue weighted by Gasteiger charge is -2.17. The summed E-state index contributed by atoms with van der Waals surface area (Å²) < 4.78 is 59.4. The second-order valence-electron chi connectivity index (χ2n) is 5.72. The smallest absolute Gasteiger partial charge is 0.315 e. The Kier molecular flexibility index (Phi) is 6.16. The van der Waals surface area contributed by atoms with Crippen molar-refractivity contribution in [1.29, 1.82) is 5.26 Å². The van der Waals surface area contributed by atoms with Gasteiger partial charge in [0, 0.05) is 0 Å². The van der Waals surface area contributed by atoms with E-state index in [-0.39, 0.29) is 12.2 Å². The third-order valence-corrected chi connectivity index (χ3v) is 3.64. The molecule has 2 nitrogen and oxygen atoms in total. The van der Waals surface area contributed by atoms with Crippen molar-refractivity contribution in [2.75, 3.05) is 0 Å². The average Bonchev–Trinajstić information content (AvgIpc) is 2.54. The zero-order chi connectivity index (χ0) is 18.4. The molecule has 0 heterocycles. The maximum atomic E-state index is 13.9. The van der Waals surface area contributed by atoms with Gasteiger partial charge in [-0.1, -0.05) is 37.6 Å². The third kappa shape index (κ3) is 5.30. The first-order valence-electron chi connectivity index (χ1n) is 7.82. The number of benzene rings is 2. The van der Waals surface area contributed by atoms with E-state index in [1.54, 1.807) is 12.1 Å². The molecule has 0 bridgehead atoms. The van der Waals surface area contributed by atoms with Gasteiger partial charge in [-0.05, 0) is 35.2 Å². The van der Waals surface area contributed by atoms with Crippen LogP contribution < -0.4 is 0 Å². The van der Waals surface area contributed by atoms with Crippen molar-refractivity contribution in [2.45, 2.75) is 38.9 Å². The van der Waals surface area contributed by atoms with Crippen LogP contribution in [0.25, 0.3) is 0 Å². The number of rotatable bonds is 7. The van der Waals surface area contributed by atoms with Gasteiger partial charge in [0.2, 0.25) is 0 Å². The Morgan fingerprint density at radius 1 is 1.00 bits per heavy atom. The van der Waals surface area contributed by atoms with Crippen LogP contribution in [0.4, 0.5) is 17.6 Å². The van der Waals surface area contributed by atoms with E-state index in [0.717, 1.165) is 30.5 Å². The fourth-order valence-electron chi connectivity index (χ4n) is 2.40. The average molecular weight is 351 g/mol. The van der Waals surface area contributed by atoms with Crippen molar-refractivity contribution < 1.29 is 22.3 Å². The van der Waals surface area contributed by atoms with E-state index in [4.69, 9.17) is 5.26 Å². The highest BCUT2D eigenvalue weighted by atomic mass is 19.3. The minimum atomic E-state index is -3.59. The fourth-order valence-corrected chi connectivity index (χ4v) is 2.40. The number of hydrogen-bond acceptors (Lipinski definition) is 2. The van der Waals surface area contributed by atoms with Gasteiger partial charge in [0.05, 0.1) is 13.0 Å². The quantitative estimate of drug-likeness (QED) is 0.647. The highest BCUT2D eigenvalue weighted by Gasteiger charge is 2.31. The number of alkyl halides is 2. The summed E-state index contributed by atoms with van der Waals surface area (Å²) in [6.07, 6.45) is -2.67. The van der Waals surface area contributed by atoms with Crippen LogP contribution in [0.15, 0.2) is 36.4 Å². The molecule has 132 valence electrons. The molecule has 0 aromatic heterocycles. The normalized spacial score (nSPS) is 11.4. The Balaban J connectivity index is 2.01. The van der Waals surface area contributed by atoms with Gasteiger partial charge in [-0.3, -0.25) is 0 Å². The summed E-state index contributed by atoms with van der Waals surface area (Å²) in [4.78, 5) is 0. The number of aryl methyl sites for hydroxylation is 1. The summed E-state index contributed by atoms with van der Waals surface area (Å²) in [7, 11) is 0. The highest BCUT2D eigenvalue weighted by Crippen LogP contribution is 2.25. The van der Waals surface area contributed by atoms with Crippen LogP contribution in [0, 0.1) is 23.0 Å². The summed E-state index contributed by atoms with van der Waals surface area (Å²) >= 11 is 0. The largest absolute Gasteiger partial charge is 0.360 e. The summed E-state index contributed by atoms with van der Waals surface area (Å²) in [5.74, 6) is -2.33. The SMILES string of the molecule is CCCc1ccc(COC(F)(F)Cc2cc(F)c(C#N)c(F)c2)cc1. The van der Waals surface area contributed by atoms with E-state index in [9.17, 15) is 17.6 Å². The lowest BCUT2D eigenvalue weighted by molar-refractivity contribution is -0.244. The van der Waals surface area contributed by atoms with Crippen LogP contribution in [-0.2, 0) is 24.2 Å². The molecule has 2 rings (SSSR count). The van der Waals surface area contributed by atoms with Gasteiger partial charge >= 0.3 is 6.11 Å². The number of hydrogen-bond donors (Lipinski definition) is 0. The Labute approximate surface area is 143 Å². The molecule has 0 fully saturated rings. The van der Waals surface area contributed by atoms with E-state index >= 15 is 0 Å². The summed E-state index contributed by atoms with van der Waals surface area (Å²) in [6, 6.07) is 9.91. The van der Waals surface area contributed by atoms with Crippen molar-refractivity contribution >= 4 is 0 Å². The van der Waals surface area contributed by atoms with Gasteiger partial charge < -0.3 is 4.74 Å². The molecule has 0 saturated carbocycles. The Morgan fingerprint density at radius 3 is 2.08 bits per heavy atom. The summed E-state index contributed by atoms with van der Waals surface area (Å²) in [6.45, 7) is 1.73. The zero-order valence-corrected chi connectivity index (χ0v) is 13.7. The lowest BCUT2D eigenvalue weighted by atomic mass is 10.1. The summed E-state index contributed by atoms with van der Waals surface area (Å²) in [5.41, 5.74) is 0.621. The maximum Gasteiger partial charge on any atom is 0.360 e. The number of ether oxygens (including phenoxy) is 1. The van der Waals surface area contributed by atoms with E-state index < -0.39 is 29.7 Å².